The summed E-state index contributed by atoms with van der Waals surface area (Å²) in [5.74, 6) is -0.246. The van der Waals surface area contributed by atoms with Gasteiger partial charge in [0.2, 0.25) is 21.8 Å². The Kier molecular flexibility index (Phi) is 7.39. The molecule has 1 saturated carbocycles. The first-order valence-corrected chi connectivity index (χ1v) is 14.0. The molecule has 10 nitrogen and oxygen atoms in total. The Morgan fingerprint density at radius 1 is 1.24 bits per heavy atom. The Labute approximate surface area is 204 Å². The summed E-state index contributed by atoms with van der Waals surface area (Å²) >= 11 is 1.33. The number of nitrogens with zero attached hydrogens (tertiary/aromatic N) is 5. The van der Waals surface area contributed by atoms with Crippen molar-refractivity contribution in [3.63, 3.8) is 0 Å². The highest BCUT2D eigenvalue weighted by atomic mass is 32.2. The van der Waals surface area contributed by atoms with Crippen molar-refractivity contribution >= 4 is 38.3 Å². The molecule has 2 fully saturated rings. The van der Waals surface area contributed by atoms with E-state index >= 15 is 0 Å². The second kappa shape index (κ2) is 10.1. The number of thiazole rings is 1. The number of aromatic nitrogens is 3. The fraction of sp³-hybridized carbons (Fsp3) is 0.636. The molecule has 0 spiro atoms. The lowest BCUT2D eigenvalue weighted by Gasteiger charge is -2.39. The average molecular weight is 509 g/mol. The highest BCUT2D eigenvalue weighted by Crippen LogP contribution is 2.31. The molecule has 3 heterocycles. The van der Waals surface area contributed by atoms with Gasteiger partial charge in [0.15, 0.2) is 5.13 Å². The minimum absolute atomic E-state index is 0.132. The third-order valence-corrected chi connectivity index (χ3v) is 9.67. The van der Waals surface area contributed by atoms with Gasteiger partial charge in [-0.1, -0.05) is 32.1 Å². The van der Waals surface area contributed by atoms with Crippen molar-refractivity contribution < 1.29 is 18.0 Å². The molecule has 186 valence electrons. The minimum Gasteiger partial charge on any atom is -0.328 e. The topological polar surface area (TPSA) is 118 Å². The second-order valence-electron chi connectivity index (χ2n) is 9.13. The van der Waals surface area contributed by atoms with Crippen molar-refractivity contribution in [2.45, 2.75) is 63.3 Å². The Morgan fingerprint density at radius 3 is 2.56 bits per heavy atom. The fourth-order valence-electron chi connectivity index (χ4n) is 5.04. The van der Waals surface area contributed by atoms with Gasteiger partial charge in [0, 0.05) is 31.7 Å². The van der Waals surface area contributed by atoms with Crippen molar-refractivity contribution in [2.75, 3.05) is 25.0 Å². The van der Waals surface area contributed by atoms with Crippen molar-refractivity contribution in [2.24, 2.45) is 13.0 Å². The van der Waals surface area contributed by atoms with Gasteiger partial charge in [-0.3, -0.25) is 14.3 Å². The Bertz CT molecular complexity index is 1140. The summed E-state index contributed by atoms with van der Waals surface area (Å²) in [4.78, 5) is 32.3. The highest BCUT2D eigenvalue weighted by Gasteiger charge is 2.40. The fourth-order valence-corrected chi connectivity index (χ4v) is 7.36. The average Bonchev–Trinajstić information content (AvgIpc) is 3.40. The van der Waals surface area contributed by atoms with Gasteiger partial charge in [-0.2, -0.15) is 9.40 Å². The van der Waals surface area contributed by atoms with Gasteiger partial charge in [0.05, 0.1) is 17.9 Å². The molecule has 2 aliphatic rings. The molecule has 1 N–H and O–H groups in total. The summed E-state index contributed by atoms with van der Waals surface area (Å²) in [6, 6.07) is -0.647. The van der Waals surface area contributed by atoms with Crippen LogP contribution in [0.25, 0.3) is 0 Å². The van der Waals surface area contributed by atoms with E-state index in [2.05, 4.69) is 15.4 Å². The number of sulfonamides is 1. The number of hydrogen-bond donors (Lipinski definition) is 1. The Balaban J connectivity index is 1.53. The number of hydrogen-bond acceptors (Lipinski definition) is 7. The molecule has 1 atom stereocenters. The molecule has 2 aromatic rings. The number of anilines is 1. The molecule has 1 aliphatic carbocycles. The summed E-state index contributed by atoms with van der Waals surface area (Å²) in [6.45, 7) is 3.36. The van der Waals surface area contributed by atoms with Crippen LogP contribution in [-0.2, 0) is 26.7 Å². The molecule has 12 heteroatoms. The molecular weight excluding hydrogens is 476 g/mol. The molecule has 0 radical (unpaired) electrons. The number of rotatable bonds is 7. The van der Waals surface area contributed by atoms with E-state index in [4.69, 9.17) is 0 Å². The van der Waals surface area contributed by atoms with Gasteiger partial charge in [-0.25, -0.2) is 13.4 Å². The maximum atomic E-state index is 13.3. The molecular formula is C22H32N6O4S2. The molecule has 2 aromatic heterocycles. The number of nitrogens with one attached hydrogen (secondary N) is 1. The van der Waals surface area contributed by atoms with E-state index in [9.17, 15) is 18.0 Å². The zero-order chi connectivity index (χ0) is 24.5. The standard InChI is InChI=1S/C22H32N6O4S2/c1-15-20(16(2)26(3)25-15)34(31,32)27-10-11-28(19(29)14-27)18(13-17-7-5-4-6-8-17)21(30)24-22-23-9-12-33-22/h9,12,17-18H,4-8,10-11,13-14H2,1-3H3,(H,23,24,30)/t18-/m0/s1. The lowest BCUT2D eigenvalue weighted by Crippen LogP contribution is -2.58. The van der Waals surface area contributed by atoms with E-state index in [0.29, 0.717) is 28.9 Å². The zero-order valence-corrected chi connectivity index (χ0v) is 21.5. The third-order valence-electron chi connectivity index (χ3n) is 6.89. The molecule has 2 amide bonds. The molecule has 0 bridgehead atoms. The van der Waals surface area contributed by atoms with Crippen LogP contribution in [0.1, 0.15) is 49.9 Å². The quantitative estimate of drug-likeness (QED) is 0.613. The number of aryl methyl sites for hydroxylation is 2. The monoisotopic (exact) mass is 508 g/mol. The summed E-state index contributed by atoms with van der Waals surface area (Å²) in [5.41, 5.74) is 0.943. The highest BCUT2D eigenvalue weighted by molar-refractivity contribution is 7.89. The Morgan fingerprint density at radius 2 is 1.97 bits per heavy atom. The lowest BCUT2D eigenvalue weighted by molar-refractivity contribution is -0.142. The summed E-state index contributed by atoms with van der Waals surface area (Å²) in [5, 5.41) is 9.34. The number of amides is 2. The molecule has 0 unspecified atom stereocenters. The first-order chi connectivity index (χ1) is 16.2. The minimum atomic E-state index is -3.88. The van der Waals surface area contributed by atoms with Crippen molar-refractivity contribution in [3.05, 3.63) is 23.0 Å². The van der Waals surface area contributed by atoms with Crippen LogP contribution >= 0.6 is 11.3 Å². The van der Waals surface area contributed by atoms with E-state index < -0.39 is 16.1 Å². The van der Waals surface area contributed by atoms with E-state index in [1.807, 2.05) is 0 Å². The van der Waals surface area contributed by atoms with E-state index in [1.165, 1.54) is 26.7 Å². The largest absolute Gasteiger partial charge is 0.328 e. The van der Waals surface area contributed by atoms with Crippen LogP contribution < -0.4 is 5.32 Å². The summed E-state index contributed by atoms with van der Waals surface area (Å²) in [7, 11) is -2.18. The predicted octanol–water partition coefficient (Wildman–Crippen LogP) is 2.30. The first-order valence-electron chi connectivity index (χ1n) is 11.7. The predicted molar refractivity (Wildman–Crippen MR) is 129 cm³/mol. The van der Waals surface area contributed by atoms with E-state index in [0.717, 1.165) is 25.7 Å². The van der Waals surface area contributed by atoms with Gasteiger partial charge in [0.1, 0.15) is 10.9 Å². The third kappa shape index (κ3) is 5.03. The molecule has 4 rings (SSSR count). The van der Waals surface area contributed by atoms with Crippen LogP contribution in [0.15, 0.2) is 16.5 Å². The van der Waals surface area contributed by atoms with Gasteiger partial charge >= 0.3 is 0 Å². The molecule has 1 aliphatic heterocycles. The van der Waals surface area contributed by atoms with Crippen LogP contribution in [0.2, 0.25) is 0 Å². The van der Waals surface area contributed by atoms with Gasteiger partial charge in [0.25, 0.3) is 0 Å². The zero-order valence-electron chi connectivity index (χ0n) is 19.9. The normalized spacial score (nSPS) is 19.4. The van der Waals surface area contributed by atoms with Crippen LogP contribution in [0.3, 0.4) is 0 Å². The van der Waals surface area contributed by atoms with Gasteiger partial charge in [-0.15, -0.1) is 11.3 Å². The van der Waals surface area contributed by atoms with Crippen molar-refractivity contribution in [1.82, 2.24) is 24.0 Å². The van der Waals surface area contributed by atoms with E-state index in [1.54, 1.807) is 37.4 Å². The lowest BCUT2D eigenvalue weighted by atomic mass is 9.84. The van der Waals surface area contributed by atoms with Crippen LogP contribution in [0.4, 0.5) is 5.13 Å². The van der Waals surface area contributed by atoms with Gasteiger partial charge in [-0.05, 0) is 26.2 Å². The number of carbonyl (C=O) groups is 2. The SMILES string of the molecule is Cc1nn(C)c(C)c1S(=O)(=O)N1CCN([C@@H](CC2CCCCC2)C(=O)Nc2nccs2)C(=O)C1. The maximum absolute atomic E-state index is 13.3. The van der Waals surface area contributed by atoms with Crippen LogP contribution in [0.5, 0.6) is 0 Å². The van der Waals surface area contributed by atoms with Gasteiger partial charge < -0.3 is 10.2 Å². The molecule has 0 aromatic carbocycles. The molecule has 34 heavy (non-hydrogen) atoms. The smallest absolute Gasteiger partial charge is 0.248 e. The van der Waals surface area contributed by atoms with Crippen molar-refractivity contribution in [3.8, 4) is 0 Å². The number of piperazine rings is 1. The number of carbonyl (C=O) groups excluding carboxylic acids is 2. The Hall–Kier alpha value is -2.31. The maximum Gasteiger partial charge on any atom is 0.248 e. The van der Waals surface area contributed by atoms with Crippen LogP contribution in [-0.4, -0.2) is 69.9 Å². The first kappa shape index (κ1) is 24.8. The summed E-state index contributed by atoms with van der Waals surface area (Å²) < 4.78 is 29.4. The van der Waals surface area contributed by atoms with Crippen LogP contribution in [0, 0.1) is 19.8 Å². The van der Waals surface area contributed by atoms with Crippen molar-refractivity contribution in [1.29, 1.82) is 0 Å². The summed E-state index contributed by atoms with van der Waals surface area (Å²) in [6.07, 6.45) is 7.76. The second-order valence-corrected chi connectivity index (χ2v) is 11.9. The van der Waals surface area contributed by atoms with E-state index in [-0.39, 0.29) is 36.3 Å². The molecule has 1 saturated heterocycles.